The van der Waals surface area contributed by atoms with Crippen molar-refractivity contribution in [1.82, 2.24) is 9.78 Å². The van der Waals surface area contributed by atoms with Gasteiger partial charge in [0.05, 0.1) is 11.0 Å². The first-order chi connectivity index (χ1) is 9.04. The fourth-order valence-electron chi connectivity index (χ4n) is 2.58. The van der Waals surface area contributed by atoms with E-state index in [1.165, 1.54) is 0 Å². The van der Waals surface area contributed by atoms with Crippen LogP contribution < -0.4 is 4.90 Å². The molecule has 1 saturated heterocycles. The Morgan fingerprint density at radius 1 is 1.47 bits per heavy atom. The van der Waals surface area contributed by atoms with Crippen molar-refractivity contribution < 1.29 is 10.0 Å². The van der Waals surface area contributed by atoms with Gasteiger partial charge in [-0.3, -0.25) is 10.1 Å². The van der Waals surface area contributed by atoms with Crippen LogP contribution in [0.25, 0.3) is 0 Å². The second kappa shape index (κ2) is 5.56. The molecule has 1 aliphatic heterocycles. The minimum Gasteiger partial charge on any atom is -0.393 e. The summed E-state index contributed by atoms with van der Waals surface area (Å²) in [5.41, 5.74) is 0.678. The van der Waals surface area contributed by atoms with Crippen molar-refractivity contribution in [1.29, 1.82) is 0 Å². The molecule has 0 aliphatic carbocycles. The Kier molecular flexibility index (Phi) is 4.04. The number of rotatable bonds is 4. The summed E-state index contributed by atoms with van der Waals surface area (Å²) in [5, 5.41) is 25.1. The third-order valence-electron chi connectivity index (χ3n) is 3.50. The summed E-state index contributed by atoms with van der Waals surface area (Å²) in [6, 6.07) is 0. The maximum atomic E-state index is 11.3. The molecule has 0 aromatic carbocycles. The van der Waals surface area contributed by atoms with Gasteiger partial charge in [0.25, 0.3) is 0 Å². The van der Waals surface area contributed by atoms with Crippen LogP contribution in [-0.4, -0.2) is 39.0 Å². The van der Waals surface area contributed by atoms with E-state index in [-0.39, 0.29) is 16.7 Å². The lowest BCUT2D eigenvalue weighted by Gasteiger charge is -2.30. The number of aliphatic hydroxyl groups excluding tert-OH is 1. The van der Waals surface area contributed by atoms with E-state index in [0.717, 1.165) is 6.42 Å². The molecule has 106 valence electrons. The molecule has 0 spiro atoms. The summed E-state index contributed by atoms with van der Waals surface area (Å²) in [5.74, 6) is 0.570. The molecule has 2 rings (SSSR count). The number of aromatic nitrogens is 2. The number of aryl methyl sites for hydroxylation is 2. The highest BCUT2D eigenvalue weighted by atomic mass is 16.6. The van der Waals surface area contributed by atoms with Crippen molar-refractivity contribution in [3.05, 3.63) is 15.8 Å². The van der Waals surface area contributed by atoms with Gasteiger partial charge in [-0.2, -0.15) is 5.10 Å². The number of nitrogens with zero attached hydrogens (tertiary/aromatic N) is 4. The van der Waals surface area contributed by atoms with Gasteiger partial charge in [0.1, 0.15) is 5.69 Å². The second-order valence-corrected chi connectivity index (χ2v) is 4.97. The third kappa shape index (κ3) is 2.70. The van der Waals surface area contributed by atoms with Crippen molar-refractivity contribution >= 4 is 11.5 Å². The van der Waals surface area contributed by atoms with Crippen molar-refractivity contribution in [2.45, 2.75) is 38.7 Å². The minimum atomic E-state index is -0.335. The lowest BCUT2D eigenvalue weighted by molar-refractivity contribution is -0.384. The summed E-state index contributed by atoms with van der Waals surface area (Å²) in [4.78, 5) is 12.9. The summed E-state index contributed by atoms with van der Waals surface area (Å²) in [7, 11) is 1.74. The van der Waals surface area contributed by atoms with Gasteiger partial charge >= 0.3 is 5.69 Å². The molecule has 0 atom stereocenters. The molecule has 0 amide bonds. The van der Waals surface area contributed by atoms with E-state index >= 15 is 0 Å². The molecule has 0 radical (unpaired) electrons. The van der Waals surface area contributed by atoms with Crippen LogP contribution in [-0.2, 0) is 13.5 Å². The number of anilines is 1. The van der Waals surface area contributed by atoms with Crippen molar-refractivity contribution in [2.24, 2.45) is 7.05 Å². The molecule has 0 bridgehead atoms. The Morgan fingerprint density at radius 3 is 2.63 bits per heavy atom. The van der Waals surface area contributed by atoms with Gasteiger partial charge in [-0.1, -0.05) is 13.3 Å². The number of hydrogen-bond donors (Lipinski definition) is 1. The third-order valence-corrected chi connectivity index (χ3v) is 3.50. The van der Waals surface area contributed by atoms with Crippen molar-refractivity contribution in [2.75, 3.05) is 18.0 Å². The first-order valence-electron chi connectivity index (χ1n) is 6.67. The predicted molar refractivity (Wildman–Crippen MR) is 71.3 cm³/mol. The molecule has 1 N–H and O–H groups in total. The Morgan fingerprint density at radius 2 is 2.11 bits per heavy atom. The number of piperidine rings is 1. The van der Waals surface area contributed by atoms with Gasteiger partial charge < -0.3 is 10.0 Å². The minimum absolute atomic E-state index is 0.126. The smallest absolute Gasteiger partial charge is 0.334 e. The average Bonchev–Trinajstić information content (AvgIpc) is 2.68. The van der Waals surface area contributed by atoms with Crippen molar-refractivity contribution in [3.63, 3.8) is 0 Å². The first-order valence-corrected chi connectivity index (χ1v) is 6.67. The lowest BCUT2D eigenvalue weighted by Crippen LogP contribution is -2.37. The molecule has 1 aromatic heterocycles. The first kappa shape index (κ1) is 13.8. The molecule has 0 unspecified atom stereocenters. The summed E-state index contributed by atoms with van der Waals surface area (Å²) in [6.45, 7) is 3.25. The van der Waals surface area contributed by atoms with Gasteiger partial charge in [0.15, 0.2) is 0 Å². The van der Waals surface area contributed by atoms with Crippen LogP contribution in [0.5, 0.6) is 0 Å². The van der Waals surface area contributed by atoms with E-state index in [1.807, 2.05) is 11.8 Å². The molecule has 19 heavy (non-hydrogen) atoms. The van der Waals surface area contributed by atoms with Crippen LogP contribution in [0.1, 0.15) is 31.9 Å². The van der Waals surface area contributed by atoms with E-state index in [4.69, 9.17) is 0 Å². The molecular formula is C12H20N4O3. The highest BCUT2D eigenvalue weighted by Gasteiger charge is 2.31. The SMILES string of the molecule is CCCc1nn(C)c(N2CCC(O)CC2)c1[N+](=O)[O-]. The van der Waals surface area contributed by atoms with Crippen LogP contribution >= 0.6 is 0 Å². The summed E-state index contributed by atoms with van der Waals surface area (Å²) < 4.78 is 1.60. The molecule has 2 heterocycles. The molecule has 1 fully saturated rings. The van der Waals surface area contributed by atoms with Gasteiger partial charge in [0, 0.05) is 20.1 Å². The fraction of sp³-hybridized carbons (Fsp3) is 0.750. The summed E-state index contributed by atoms with van der Waals surface area (Å²) >= 11 is 0. The van der Waals surface area contributed by atoms with E-state index in [2.05, 4.69) is 5.10 Å². The number of aliphatic hydroxyl groups is 1. The van der Waals surface area contributed by atoms with Gasteiger partial charge in [-0.25, -0.2) is 4.68 Å². The quantitative estimate of drug-likeness (QED) is 0.656. The fourth-order valence-corrected chi connectivity index (χ4v) is 2.58. The van der Waals surface area contributed by atoms with Gasteiger partial charge in [0.2, 0.25) is 5.82 Å². The molecule has 7 heteroatoms. The topological polar surface area (TPSA) is 84.4 Å². The van der Waals surface area contributed by atoms with E-state index in [1.54, 1.807) is 11.7 Å². The zero-order valence-corrected chi connectivity index (χ0v) is 11.4. The second-order valence-electron chi connectivity index (χ2n) is 4.97. The van der Waals surface area contributed by atoms with E-state index in [9.17, 15) is 15.2 Å². The van der Waals surface area contributed by atoms with E-state index < -0.39 is 0 Å². The Labute approximate surface area is 112 Å². The monoisotopic (exact) mass is 268 g/mol. The highest BCUT2D eigenvalue weighted by molar-refractivity contribution is 5.61. The highest BCUT2D eigenvalue weighted by Crippen LogP contribution is 2.33. The standard InChI is InChI=1S/C12H20N4O3/c1-3-4-10-11(16(18)19)12(14(2)13-10)15-7-5-9(17)6-8-15/h9,17H,3-8H2,1-2H3. The van der Waals surface area contributed by atoms with Crippen LogP contribution in [0, 0.1) is 10.1 Å². The van der Waals surface area contributed by atoms with Crippen LogP contribution in [0.3, 0.4) is 0 Å². The average molecular weight is 268 g/mol. The van der Waals surface area contributed by atoms with Crippen LogP contribution in [0.2, 0.25) is 0 Å². The van der Waals surface area contributed by atoms with Gasteiger partial charge in [-0.05, 0) is 19.3 Å². The molecular weight excluding hydrogens is 248 g/mol. The molecule has 1 aliphatic rings. The molecule has 7 nitrogen and oxygen atoms in total. The van der Waals surface area contributed by atoms with Crippen LogP contribution in [0.15, 0.2) is 0 Å². The maximum Gasteiger partial charge on any atom is 0.334 e. The zero-order chi connectivity index (χ0) is 14.0. The summed E-state index contributed by atoms with van der Waals surface area (Å²) in [6.07, 6.45) is 2.44. The molecule has 0 saturated carbocycles. The molecule has 1 aromatic rings. The van der Waals surface area contributed by atoms with Crippen molar-refractivity contribution in [3.8, 4) is 0 Å². The maximum absolute atomic E-state index is 11.3. The Hall–Kier alpha value is -1.63. The Bertz CT molecular complexity index is 464. The normalized spacial score (nSPS) is 16.9. The zero-order valence-electron chi connectivity index (χ0n) is 11.4. The Balaban J connectivity index is 2.35. The van der Waals surface area contributed by atoms with E-state index in [0.29, 0.717) is 43.9 Å². The number of nitro groups is 1. The predicted octanol–water partition coefficient (Wildman–Crippen LogP) is 1.24. The number of hydrogen-bond acceptors (Lipinski definition) is 5. The van der Waals surface area contributed by atoms with Crippen LogP contribution in [0.4, 0.5) is 11.5 Å². The largest absolute Gasteiger partial charge is 0.393 e. The lowest BCUT2D eigenvalue weighted by atomic mass is 10.1. The van der Waals surface area contributed by atoms with Gasteiger partial charge in [-0.15, -0.1) is 0 Å².